The Hall–Kier alpha value is -4.02. The van der Waals surface area contributed by atoms with Gasteiger partial charge in [-0.1, -0.05) is 30.3 Å². The van der Waals surface area contributed by atoms with Crippen molar-refractivity contribution >= 4 is 45.8 Å². The van der Waals surface area contributed by atoms with E-state index in [-0.39, 0.29) is 16.6 Å². The summed E-state index contributed by atoms with van der Waals surface area (Å²) in [5.41, 5.74) is 3.51. The molecule has 1 amide bonds. The number of hydrogen-bond acceptors (Lipinski definition) is 6. The number of thiocarbonyl (C=S) groups is 1. The molecular formula is C25H21N5O3S2. The van der Waals surface area contributed by atoms with E-state index in [2.05, 4.69) is 10.3 Å². The van der Waals surface area contributed by atoms with Gasteiger partial charge in [-0.3, -0.25) is 14.3 Å². The molecule has 0 atom stereocenters. The SMILES string of the molecule is COc1ccc(/C=C2/NC(=S)N(c3nc(-c4c(C)n(C)n(-c5ccccc5)c4=O)cs3)C2=O)cc1. The van der Waals surface area contributed by atoms with Gasteiger partial charge in [0.15, 0.2) is 10.2 Å². The molecule has 2 aromatic heterocycles. The number of nitrogens with one attached hydrogen (secondary N) is 1. The molecule has 1 saturated heterocycles. The number of benzene rings is 2. The van der Waals surface area contributed by atoms with Crippen molar-refractivity contribution in [3.05, 3.63) is 87.3 Å². The Labute approximate surface area is 210 Å². The normalized spacial score (nSPS) is 14.6. The molecule has 0 unspecified atom stereocenters. The van der Waals surface area contributed by atoms with E-state index >= 15 is 0 Å². The highest BCUT2D eigenvalue weighted by atomic mass is 32.1. The number of aromatic nitrogens is 3. The summed E-state index contributed by atoms with van der Waals surface area (Å²) in [4.78, 5) is 32.5. The summed E-state index contributed by atoms with van der Waals surface area (Å²) >= 11 is 6.68. The molecule has 0 bridgehead atoms. The Morgan fingerprint density at radius 3 is 2.49 bits per heavy atom. The molecule has 2 aromatic carbocycles. The highest BCUT2D eigenvalue weighted by Gasteiger charge is 2.34. The summed E-state index contributed by atoms with van der Waals surface area (Å²) < 4.78 is 8.58. The minimum atomic E-state index is -0.307. The zero-order chi connectivity index (χ0) is 24.7. The summed E-state index contributed by atoms with van der Waals surface area (Å²) in [6.45, 7) is 1.87. The van der Waals surface area contributed by atoms with Crippen LogP contribution in [0.15, 0.2) is 70.5 Å². The second-order valence-corrected chi connectivity index (χ2v) is 9.08. The molecule has 0 aliphatic carbocycles. The lowest BCUT2D eigenvalue weighted by atomic mass is 10.2. The van der Waals surface area contributed by atoms with Crippen LogP contribution < -0.4 is 20.5 Å². The third kappa shape index (κ3) is 3.96. The zero-order valence-electron chi connectivity index (χ0n) is 19.2. The lowest BCUT2D eigenvalue weighted by molar-refractivity contribution is -0.113. The number of rotatable bonds is 5. The van der Waals surface area contributed by atoms with Gasteiger partial charge in [-0.2, -0.15) is 0 Å². The number of ether oxygens (including phenoxy) is 1. The fraction of sp³-hybridized carbons (Fsp3) is 0.120. The topological polar surface area (TPSA) is 81.4 Å². The van der Waals surface area contributed by atoms with Gasteiger partial charge in [0.25, 0.3) is 11.5 Å². The predicted octanol–water partition coefficient (Wildman–Crippen LogP) is 3.88. The molecule has 0 spiro atoms. The minimum Gasteiger partial charge on any atom is -0.497 e. The summed E-state index contributed by atoms with van der Waals surface area (Å²) in [5.74, 6) is 0.422. The molecule has 176 valence electrons. The summed E-state index contributed by atoms with van der Waals surface area (Å²) in [5, 5.41) is 5.38. The van der Waals surface area contributed by atoms with Crippen LogP contribution in [-0.2, 0) is 11.8 Å². The first-order chi connectivity index (χ1) is 16.9. The molecule has 0 radical (unpaired) electrons. The Kier molecular flexibility index (Phi) is 5.83. The fourth-order valence-corrected chi connectivity index (χ4v) is 5.08. The molecule has 0 saturated carbocycles. The van der Waals surface area contributed by atoms with Gasteiger partial charge in [-0.15, -0.1) is 11.3 Å². The molecule has 5 rings (SSSR count). The van der Waals surface area contributed by atoms with E-state index in [0.717, 1.165) is 22.7 Å². The number of para-hydroxylation sites is 1. The second-order valence-electron chi connectivity index (χ2n) is 7.85. The number of carbonyl (C=O) groups is 1. The van der Waals surface area contributed by atoms with E-state index in [1.807, 2.05) is 68.6 Å². The van der Waals surface area contributed by atoms with Gasteiger partial charge < -0.3 is 10.1 Å². The first-order valence-electron chi connectivity index (χ1n) is 10.7. The van der Waals surface area contributed by atoms with Crippen molar-refractivity contribution in [2.75, 3.05) is 12.0 Å². The van der Waals surface area contributed by atoms with Crippen LogP contribution in [-0.4, -0.2) is 32.5 Å². The molecule has 3 heterocycles. The molecule has 1 N–H and O–H groups in total. The van der Waals surface area contributed by atoms with E-state index in [4.69, 9.17) is 17.0 Å². The largest absolute Gasteiger partial charge is 0.497 e. The number of anilines is 1. The van der Waals surface area contributed by atoms with Gasteiger partial charge in [0, 0.05) is 18.1 Å². The van der Waals surface area contributed by atoms with Crippen molar-refractivity contribution in [1.82, 2.24) is 19.7 Å². The first-order valence-corrected chi connectivity index (χ1v) is 12.0. The number of methoxy groups -OCH3 is 1. The lowest BCUT2D eigenvalue weighted by Gasteiger charge is -2.09. The van der Waals surface area contributed by atoms with E-state index < -0.39 is 0 Å². The lowest BCUT2D eigenvalue weighted by Crippen LogP contribution is -2.30. The van der Waals surface area contributed by atoms with Crippen LogP contribution >= 0.6 is 23.6 Å². The maximum absolute atomic E-state index is 13.3. The maximum Gasteiger partial charge on any atom is 0.282 e. The van der Waals surface area contributed by atoms with E-state index in [1.54, 1.807) is 27.9 Å². The molecule has 10 heteroatoms. The van der Waals surface area contributed by atoms with Gasteiger partial charge >= 0.3 is 0 Å². The standard InChI is InChI=1S/C25H21N5O3S2/c1-15-21(23(32)30(28(15)2)17-7-5-4-6-8-17)20-14-35-25(27-20)29-22(31)19(26-24(29)34)13-16-9-11-18(33-3)12-10-16/h4-14H,1-3H3,(H,26,34)/b19-13+. The quantitative estimate of drug-likeness (QED) is 0.329. The van der Waals surface area contributed by atoms with E-state index in [9.17, 15) is 9.59 Å². The van der Waals surface area contributed by atoms with Gasteiger partial charge in [0.05, 0.1) is 24.1 Å². The zero-order valence-corrected chi connectivity index (χ0v) is 20.8. The van der Waals surface area contributed by atoms with Crippen molar-refractivity contribution in [3.63, 3.8) is 0 Å². The van der Waals surface area contributed by atoms with Crippen molar-refractivity contribution < 1.29 is 9.53 Å². The molecule has 1 fully saturated rings. The Balaban J connectivity index is 1.47. The van der Waals surface area contributed by atoms with Gasteiger partial charge in [-0.05, 0) is 55.0 Å². The van der Waals surface area contributed by atoms with E-state index in [0.29, 0.717) is 22.1 Å². The monoisotopic (exact) mass is 503 g/mol. The average Bonchev–Trinajstić information content (AvgIpc) is 3.50. The highest BCUT2D eigenvalue weighted by Crippen LogP contribution is 2.31. The maximum atomic E-state index is 13.3. The van der Waals surface area contributed by atoms with Crippen molar-refractivity contribution in [1.29, 1.82) is 0 Å². The number of amides is 1. The number of thiazole rings is 1. The predicted molar refractivity (Wildman–Crippen MR) is 141 cm³/mol. The van der Waals surface area contributed by atoms with Gasteiger partial charge in [0.2, 0.25) is 0 Å². The molecule has 8 nitrogen and oxygen atoms in total. The Morgan fingerprint density at radius 2 is 1.80 bits per heavy atom. The van der Waals surface area contributed by atoms with Crippen LogP contribution in [0.4, 0.5) is 5.13 Å². The average molecular weight is 504 g/mol. The fourth-order valence-electron chi connectivity index (χ4n) is 3.92. The minimum absolute atomic E-state index is 0.179. The number of hydrogen-bond donors (Lipinski definition) is 1. The summed E-state index contributed by atoms with van der Waals surface area (Å²) in [7, 11) is 3.43. The molecular weight excluding hydrogens is 482 g/mol. The van der Waals surface area contributed by atoms with Crippen molar-refractivity contribution in [2.45, 2.75) is 6.92 Å². The van der Waals surface area contributed by atoms with E-state index in [1.165, 1.54) is 16.2 Å². The van der Waals surface area contributed by atoms with Crippen molar-refractivity contribution in [3.8, 4) is 22.7 Å². The highest BCUT2D eigenvalue weighted by molar-refractivity contribution is 7.80. The van der Waals surface area contributed by atoms with Gasteiger partial charge in [0.1, 0.15) is 11.4 Å². The van der Waals surface area contributed by atoms with Crippen LogP contribution in [0.3, 0.4) is 0 Å². The van der Waals surface area contributed by atoms with Crippen LogP contribution in [0.1, 0.15) is 11.3 Å². The van der Waals surface area contributed by atoms with Crippen molar-refractivity contribution in [2.24, 2.45) is 7.05 Å². The summed E-state index contributed by atoms with van der Waals surface area (Å²) in [6, 6.07) is 16.8. The second kappa shape index (κ2) is 8.97. The molecule has 35 heavy (non-hydrogen) atoms. The number of nitrogens with zero attached hydrogens (tertiary/aromatic N) is 4. The third-order valence-electron chi connectivity index (χ3n) is 5.80. The van der Waals surface area contributed by atoms with Gasteiger partial charge in [-0.25, -0.2) is 14.6 Å². The smallest absolute Gasteiger partial charge is 0.282 e. The Morgan fingerprint density at radius 1 is 1.09 bits per heavy atom. The molecule has 1 aliphatic rings. The first kappa shape index (κ1) is 22.8. The number of carbonyl (C=O) groups excluding carboxylic acids is 1. The van der Waals surface area contributed by atoms with Crippen LogP contribution in [0.5, 0.6) is 5.75 Å². The summed E-state index contributed by atoms with van der Waals surface area (Å²) in [6.07, 6.45) is 1.72. The Bertz CT molecular complexity index is 1530. The molecule has 1 aliphatic heterocycles. The van der Waals surface area contributed by atoms with Crippen LogP contribution in [0, 0.1) is 6.92 Å². The van der Waals surface area contributed by atoms with Crippen LogP contribution in [0.2, 0.25) is 0 Å². The molecule has 4 aromatic rings. The van der Waals surface area contributed by atoms with Crippen LogP contribution in [0.25, 0.3) is 23.0 Å². The third-order valence-corrected chi connectivity index (χ3v) is 6.91.